The van der Waals surface area contributed by atoms with Gasteiger partial charge in [0.1, 0.15) is 23.3 Å². The number of rotatable bonds is 8. The van der Waals surface area contributed by atoms with Gasteiger partial charge in [0.05, 0.1) is 37.6 Å². The molecule has 2 aliphatic rings. The molecule has 14 rings (SSSR count). The molecular formula is C70H52F4N2S2. The lowest BCUT2D eigenvalue weighted by atomic mass is 9.55. The number of nitrogens with zero attached hydrogens (tertiary/aromatic N) is 2. The van der Waals surface area contributed by atoms with Crippen LogP contribution in [0, 0.1) is 23.3 Å². The Morgan fingerprint density at radius 3 is 1.09 bits per heavy atom. The lowest BCUT2D eigenvalue weighted by Gasteiger charge is -2.46. The molecule has 382 valence electrons. The Morgan fingerprint density at radius 2 is 0.705 bits per heavy atom. The van der Waals surface area contributed by atoms with Crippen LogP contribution in [-0.2, 0) is 10.8 Å². The van der Waals surface area contributed by atoms with Crippen molar-refractivity contribution in [3.05, 3.63) is 262 Å². The van der Waals surface area contributed by atoms with Gasteiger partial charge in [-0.1, -0.05) is 163 Å². The molecule has 2 nitrogen and oxygen atoms in total. The van der Waals surface area contributed by atoms with Crippen LogP contribution in [0.3, 0.4) is 0 Å². The van der Waals surface area contributed by atoms with Gasteiger partial charge in [-0.05, 0) is 128 Å². The molecule has 10 aromatic carbocycles. The van der Waals surface area contributed by atoms with Crippen LogP contribution in [0.15, 0.2) is 194 Å². The fraction of sp³-hybridized carbons (Fsp3) is 0.143. The van der Waals surface area contributed by atoms with Gasteiger partial charge in [-0.2, -0.15) is 0 Å². The molecule has 0 saturated carbocycles. The monoisotopic (exact) mass is 1060 g/mol. The van der Waals surface area contributed by atoms with Crippen molar-refractivity contribution in [2.45, 2.75) is 64.2 Å². The molecule has 0 atom stereocenters. The maximum absolute atomic E-state index is 15.8. The zero-order chi connectivity index (χ0) is 53.5. The van der Waals surface area contributed by atoms with Crippen LogP contribution in [0.4, 0.5) is 51.7 Å². The average molecular weight is 1060 g/mol. The maximum atomic E-state index is 15.8. The van der Waals surface area contributed by atoms with Crippen LogP contribution in [0.1, 0.15) is 97.9 Å². The van der Waals surface area contributed by atoms with E-state index in [0.717, 1.165) is 87.8 Å². The molecule has 8 heteroatoms. The normalized spacial score (nSPS) is 13.9. The van der Waals surface area contributed by atoms with Crippen LogP contribution >= 0.6 is 22.7 Å². The van der Waals surface area contributed by atoms with E-state index in [-0.39, 0.29) is 17.3 Å². The number of fused-ring (bicyclic) bond motifs is 15. The summed E-state index contributed by atoms with van der Waals surface area (Å²) in [7, 11) is 0. The van der Waals surface area contributed by atoms with Crippen LogP contribution < -0.4 is 9.80 Å². The number of thiophene rings is 2. The quantitative estimate of drug-likeness (QED) is 0.140. The molecule has 0 fully saturated rings. The Morgan fingerprint density at radius 1 is 0.346 bits per heavy atom. The second-order valence-corrected chi connectivity index (χ2v) is 24.2. The molecule has 0 saturated heterocycles. The van der Waals surface area contributed by atoms with E-state index < -0.39 is 28.7 Å². The van der Waals surface area contributed by atoms with E-state index in [1.165, 1.54) is 55.9 Å². The van der Waals surface area contributed by atoms with Gasteiger partial charge in [0.25, 0.3) is 0 Å². The molecule has 2 heterocycles. The van der Waals surface area contributed by atoms with E-state index in [9.17, 15) is 0 Å². The van der Waals surface area contributed by atoms with Crippen molar-refractivity contribution in [1.82, 2.24) is 0 Å². The highest BCUT2D eigenvalue weighted by Crippen LogP contribution is 2.64. The third-order valence-corrected chi connectivity index (χ3v) is 19.2. The number of hydrogen-bond acceptors (Lipinski definition) is 4. The van der Waals surface area contributed by atoms with Crippen molar-refractivity contribution in [3.8, 4) is 11.1 Å². The number of anilines is 6. The first-order chi connectivity index (χ1) is 37.7. The highest BCUT2D eigenvalue weighted by atomic mass is 32.1. The second kappa shape index (κ2) is 17.7. The molecule has 0 bridgehead atoms. The van der Waals surface area contributed by atoms with Gasteiger partial charge in [-0.15, -0.1) is 22.7 Å². The summed E-state index contributed by atoms with van der Waals surface area (Å²) in [4.78, 5) is 3.99. The van der Waals surface area contributed by atoms with Crippen molar-refractivity contribution in [1.29, 1.82) is 0 Å². The third kappa shape index (κ3) is 7.05. The summed E-state index contributed by atoms with van der Waals surface area (Å²) in [6.45, 7) is 13.4. The Hall–Kier alpha value is -8.04. The van der Waals surface area contributed by atoms with Gasteiger partial charge in [-0.3, -0.25) is 0 Å². The summed E-state index contributed by atoms with van der Waals surface area (Å²) < 4.78 is 67.5. The second-order valence-electron chi connectivity index (χ2n) is 22.1. The molecule has 0 unspecified atom stereocenters. The zero-order valence-corrected chi connectivity index (χ0v) is 45.5. The van der Waals surface area contributed by atoms with Crippen molar-refractivity contribution in [3.63, 3.8) is 0 Å². The largest absolute Gasteiger partial charge is 0.309 e. The molecule has 2 aromatic heterocycles. The van der Waals surface area contributed by atoms with Crippen molar-refractivity contribution < 1.29 is 17.6 Å². The highest BCUT2D eigenvalue weighted by molar-refractivity contribution is 7.27. The van der Waals surface area contributed by atoms with E-state index in [2.05, 4.69) is 175 Å². The van der Waals surface area contributed by atoms with Gasteiger partial charge < -0.3 is 9.80 Å². The Kier molecular flexibility index (Phi) is 11.0. The van der Waals surface area contributed by atoms with Crippen molar-refractivity contribution in [2.24, 2.45) is 0 Å². The predicted molar refractivity (Wildman–Crippen MR) is 319 cm³/mol. The smallest absolute Gasteiger partial charge is 0.128 e. The minimum Gasteiger partial charge on any atom is -0.309 e. The van der Waals surface area contributed by atoms with Gasteiger partial charge in [0, 0.05) is 59.9 Å². The average Bonchev–Trinajstić information content (AvgIpc) is 3.51. The van der Waals surface area contributed by atoms with Gasteiger partial charge in [0.2, 0.25) is 0 Å². The molecule has 1 spiro atoms. The first kappa shape index (κ1) is 48.3. The fourth-order valence-electron chi connectivity index (χ4n) is 13.3. The van der Waals surface area contributed by atoms with Gasteiger partial charge in [0.15, 0.2) is 0 Å². The van der Waals surface area contributed by atoms with Crippen LogP contribution in [-0.4, -0.2) is 0 Å². The Labute approximate surface area is 459 Å². The Bertz CT molecular complexity index is 4140. The molecule has 0 N–H and O–H groups in total. The van der Waals surface area contributed by atoms with Crippen LogP contribution in [0.25, 0.3) is 51.5 Å². The van der Waals surface area contributed by atoms with E-state index in [0.29, 0.717) is 22.7 Å². The van der Waals surface area contributed by atoms with Crippen LogP contribution in [0.5, 0.6) is 0 Å². The highest BCUT2D eigenvalue weighted by Gasteiger charge is 2.53. The summed E-state index contributed by atoms with van der Waals surface area (Å²) >= 11 is 3.41. The molecule has 0 aliphatic heterocycles. The van der Waals surface area contributed by atoms with Gasteiger partial charge in [-0.25, -0.2) is 17.6 Å². The lowest BCUT2D eigenvalue weighted by Crippen LogP contribution is -2.40. The topological polar surface area (TPSA) is 6.48 Å². The molecule has 2 aliphatic carbocycles. The summed E-state index contributed by atoms with van der Waals surface area (Å²) in [5.41, 5.74) is 13.7. The standard InChI is InChI=1S/C70H52F4N2S2/c1-39(2)49-15-11-17-51-53-19-13-25-63(67(53)77-65(49)51)75(47-33-41(71)31-42(72)34-47)45-27-29-57-55(37-45)56-38-46(28-30-58(56)70(57)61-23-9-7-21-59(61)69(5,6)60-22-8-10-24-62(60)70)76(48-35-43(73)32-44(74)36-48)64-26-14-20-54-52-18-12-16-50(40(3)4)66(52)78-68(54)64/h7-40H,1-6H3. The minimum atomic E-state index is -0.812. The van der Waals surface area contributed by atoms with E-state index in [4.69, 9.17) is 0 Å². The first-order valence-corrected chi connectivity index (χ1v) is 28.3. The lowest BCUT2D eigenvalue weighted by molar-refractivity contribution is 0.563. The Balaban J connectivity index is 1.08. The first-order valence-electron chi connectivity index (χ1n) is 26.6. The molecule has 0 amide bonds. The number of halogens is 4. The molecule has 78 heavy (non-hydrogen) atoms. The molecule has 0 radical (unpaired) electrons. The molecular weight excluding hydrogens is 1010 g/mol. The van der Waals surface area contributed by atoms with E-state index in [1.807, 2.05) is 34.1 Å². The summed E-state index contributed by atoms with van der Waals surface area (Å²) in [5, 5.41) is 4.40. The van der Waals surface area contributed by atoms with Crippen molar-refractivity contribution in [2.75, 3.05) is 9.80 Å². The SMILES string of the molecule is CC(C)c1cccc2c1sc1c(N(c3cc(F)cc(F)c3)c3ccc4c(c3)-c3cc(N(c5cc(F)cc(F)c5)c5cccc6c5sc5c(C(C)C)cccc56)ccc3C43c4ccccc4C(C)(C)c4ccccc43)cccc12. The molecule has 12 aromatic rings. The fourth-order valence-corrected chi connectivity index (χ4v) is 16.2. The maximum Gasteiger partial charge on any atom is 0.128 e. The number of hydrogen-bond donors (Lipinski definition) is 0. The van der Waals surface area contributed by atoms with E-state index >= 15 is 17.6 Å². The van der Waals surface area contributed by atoms with E-state index in [1.54, 1.807) is 22.7 Å². The third-order valence-electron chi connectivity index (χ3n) is 16.6. The summed E-state index contributed by atoms with van der Waals surface area (Å²) in [6, 6.07) is 63.3. The summed E-state index contributed by atoms with van der Waals surface area (Å²) in [5.74, 6) is -2.18. The zero-order valence-electron chi connectivity index (χ0n) is 43.9. The minimum absolute atomic E-state index is 0.278. The van der Waals surface area contributed by atoms with Crippen LogP contribution in [0.2, 0.25) is 0 Å². The van der Waals surface area contributed by atoms with Gasteiger partial charge >= 0.3 is 0 Å². The summed E-state index contributed by atoms with van der Waals surface area (Å²) in [6.07, 6.45) is 0. The number of benzene rings is 10. The predicted octanol–water partition coefficient (Wildman–Crippen LogP) is 21.2. The van der Waals surface area contributed by atoms with Crippen molar-refractivity contribution >= 4 is 97.1 Å².